The molecule has 0 radical (unpaired) electrons. The third kappa shape index (κ3) is 3.91. The van der Waals surface area contributed by atoms with E-state index in [1.54, 1.807) is 0 Å². The van der Waals surface area contributed by atoms with Gasteiger partial charge in [0.25, 0.3) is 0 Å². The Bertz CT molecular complexity index is 849. The minimum Gasteiger partial charge on any atom is -0.491 e. The number of aromatic amines is 1. The molecule has 0 aliphatic rings. The first-order chi connectivity index (χ1) is 12.1. The molecule has 2 heterocycles. The van der Waals surface area contributed by atoms with Gasteiger partial charge in [-0.25, -0.2) is 4.98 Å². The van der Waals surface area contributed by atoms with Gasteiger partial charge in [0.15, 0.2) is 0 Å². The maximum atomic E-state index is 5.82. The summed E-state index contributed by atoms with van der Waals surface area (Å²) in [5.74, 6) is 1.78. The highest BCUT2D eigenvalue weighted by atomic mass is 16.5. The topological polar surface area (TPSA) is 66.1 Å². The molecular formula is C19H27N5O. The summed E-state index contributed by atoms with van der Waals surface area (Å²) in [5.41, 5.74) is 2.94. The van der Waals surface area contributed by atoms with Gasteiger partial charge in [-0.15, -0.1) is 0 Å². The number of aromatic nitrogens is 3. The van der Waals surface area contributed by atoms with Crippen molar-refractivity contribution in [3.63, 3.8) is 0 Å². The average Bonchev–Trinajstić information content (AvgIpc) is 3.02. The highest BCUT2D eigenvalue weighted by Gasteiger charge is 2.12. The lowest BCUT2D eigenvalue weighted by atomic mass is 10.1. The normalized spacial score (nSPS) is 11.2. The smallest absolute Gasteiger partial charge is 0.128 e. The largest absolute Gasteiger partial charge is 0.491 e. The molecule has 0 atom stereocenters. The molecule has 134 valence electrons. The lowest BCUT2D eigenvalue weighted by molar-refractivity contribution is 0.243. The summed E-state index contributed by atoms with van der Waals surface area (Å²) in [6.07, 6.45) is 1.97. The number of nitrogens with one attached hydrogen (secondary N) is 2. The zero-order valence-electron chi connectivity index (χ0n) is 15.2. The molecule has 0 fully saturated rings. The number of hydrogen-bond acceptors (Lipinski definition) is 5. The average molecular weight is 341 g/mol. The molecule has 0 aliphatic heterocycles. The van der Waals surface area contributed by atoms with Crippen LogP contribution in [0, 0.1) is 0 Å². The quantitative estimate of drug-likeness (QED) is 0.690. The number of hydrogen-bond donors (Lipinski definition) is 2. The predicted octanol–water partition coefficient (Wildman–Crippen LogP) is 3.31. The third-order valence-electron chi connectivity index (χ3n) is 4.01. The molecule has 0 saturated heterocycles. The molecule has 0 aliphatic carbocycles. The van der Waals surface area contributed by atoms with E-state index in [-0.39, 0.29) is 7.53 Å². The van der Waals surface area contributed by atoms with E-state index >= 15 is 0 Å². The van der Waals surface area contributed by atoms with Crippen LogP contribution in [-0.4, -0.2) is 48.5 Å². The van der Waals surface area contributed by atoms with Crippen LogP contribution in [0.15, 0.2) is 36.5 Å². The second kappa shape index (κ2) is 7.53. The maximum Gasteiger partial charge on any atom is 0.128 e. The molecular weight excluding hydrogens is 314 g/mol. The van der Waals surface area contributed by atoms with Crippen LogP contribution in [0.4, 0.5) is 5.82 Å². The second-order valence-electron chi connectivity index (χ2n) is 6.37. The maximum absolute atomic E-state index is 5.82. The van der Waals surface area contributed by atoms with Crippen molar-refractivity contribution in [1.82, 2.24) is 20.5 Å². The van der Waals surface area contributed by atoms with Crippen LogP contribution in [0.1, 0.15) is 15.3 Å². The van der Waals surface area contributed by atoms with Crippen molar-refractivity contribution in [1.29, 1.82) is 0 Å². The van der Waals surface area contributed by atoms with E-state index in [2.05, 4.69) is 31.5 Å². The summed E-state index contributed by atoms with van der Waals surface area (Å²) in [6.45, 7) is 5.84. The lowest BCUT2D eigenvalue weighted by Gasteiger charge is -2.18. The van der Waals surface area contributed by atoms with Crippen molar-refractivity contribution in [2.45, 2.75) is 20.0 Å². The van der Waals surface area contributed by atoms with E-state index < -0.39 is 0 Å². The van der Waals surface area contributed by atoms with Gasteiger partial charge in [0.2, 0.25) is 0 Å². The number of nitrogens with zero attached hydrogens (tertiary/aromatic N) is 3. The standard InChI is InChI=1S/C19H25N5O.H2/c1-13(2)25-15-5-6-17-16(12-15)19(23-22-17)14-7-8-21-18(11-14)24(4)10-9-20-3;/h5-8,11-13,20H,9-10H2,1-4H3,(H,22,23);1H. The summed E-state index contributed by atoms with van der Waals surface area (Å²) >= 11 is 0. The molecule has 1 aromatic carbocycles. The van der Waals surface area contributed by atoms with E-state index in [0.29, 0.717) is 0 Å². The van der Waals surface area contributed by atoms with Crippen molar-refractivity contribution in [2.75, 3.05) is 32.1 Å². The summed E-state index contributed by atoms with van der Waals surface area (Å²) in [6, 6.07) is 10.1. The van der Waals surface area contributed by atoms with Crippen LogP contribution < -0.4 is 15.0 Å². The summed E-state index contributed by atoms with van der Waals surface area (Å²) in [5, 5.41) is 11.8. The van der Waals surface area contributed by atoms with Crippen LogP contribution in [0.25, 0.3) is 22.2 Å². The Morgan fingerprint density at radius 1 is 1.28 bits per heavy atom. The molecule has 0 unspecified atom stereocenters. The number of benzene rings is 1. The van der Waals surface area contributed by atoms with Gasteiger partial charge in [-0.3, -0.25) is 5.10 Å². The second-order valence-corrected chi connectivity index (χ2v) is 6.37. The van der Waals surface area contributed by atoms with Gasteiger partial charge in [-0.2, -0.15) is 5.10 Å². The van der Waals surface area contributed by atoms with Crippen LogP contribution >= 0.6 is 0 Å². The van der Waals surface area contributed by atoms with E-state index in [1.807, 2.05) is 58.4 Å². The minimum absolute atomic E-state index is 0. The van der Waals surface area contributed by atoms with Gasteiger partial charge >= 0.3 is 0 Å². The van der Waals surface area contributed by atoms with E-state index in [0.717, 1.165) is 46.8 Å². The zero-order valence-corrected chi connectivity index (χ0v) is 15.2. The molecule has 0 bridgehead atoms. The highest BCUT2D eigenvalue weighted by molar-refractivity contribution is 5.94. The van der Waals surface area contributed by atoms with E-state index in [9.17, 15) is 0 Å². The third-order valence-corrected chi connectivity index (χ3v) is 4.01. The molecule has 25 heavy (non-hydrogen) atoms. The molecule has 2 aromatic heterocycles. The van der Waals surface area contributed by atoms with Crippen molar-refractivity contribution in [3.05, 3.63) is 36.5 Å². The number of H-pyrrole nitrogens is 1. The van der Waals surface area contributed by atoms with Crippen LogP contribution in [0.5, 0.6) is 5.75 Å². The lowest BCUT2D eigenvalue weighted by Crippen LogP contribution is -2.27. The number of ether oxygens (including phenoxy) is 1. The monoisotopic (exact) mass is 341 g/mol. The fourth-order valence-corrected chi connectivity index (χ4v) is 2.73. The molecule has 6 nitrogen and oxygen atoms in total. The minimum atomic E-state index is 0. The van der Waals surface area contributed by atoms with Gasteiger partial charge in [0.05, 0.1) is 11.6 Å². The SMILES string of the molecule is CNCCN(C)c1cc(-c2n[nH]c3ccc(OC(C)C)cc23)ccn1.[HH]. The summed E-state index contributed by atoms with van der Waals surface area (Å²) in [7, 11) is 3.99. The molecule has 6 heteroatoms. The van der Waals surface area contributed by atoms with E-state index in [1.165, 1.54) is 0 Å². The Labute approximate surface area is 149 Å². The Balaban J connectivity index is 0.00000243. The van der Waals surface area contributed by atoms with Gasteiger partial charge < -0.3 is 15.0 Å². The summed E-state index contributed by atoms with van der Waals surface area (Å²) in [4.78, 5) is 6.60. The van der Waals surface area contributed by atoms with Gasteiger partial charge in [0, 0.05) is 38.7 Å². The molecule has 0 amide bonds. The Hall–Kier alpha value is -2.60. The van der Waals surface area contributed by atoms with Crippen LogP contribution in [-0.2, 0) is 0 Å². The molecule has 0 spiro atoms. The zero-order chi connectivity index (χ0) is 17.8. The van der Waals surface area contributed by atoms with Crippen molar-refractivity contribution in [2.24, 2.45) is 0 Å². The van der Waals surface area contributed by atoms with E-state index in [4.69, 9.17) is 4.74 Å². The van der Waals surface area contributed by atoms with Crippen molar-refractivity contribution < 1.29 is 6.16 Å². The van der Waals surface area contributed by atoms with Gasteiger partial charge in [-0.05, 0) is 51.2 Å². The first-order valence-corrected chi connectivity index (χ1v) is 8.55. The first kappa shape index (κ1) is 17.2. The Morgan fingerprint density at radius 2 is 2.12 bits per heavy atom. The highest BCUT2D eigenvalue weighted by Crippen LogP contribution is 2.30. The van der Waals surface area contributed by atoms with Crippen molar-refractivity contribution >= 4 is 16.7 Å². The summed E-state index contributed by atoms with van der Waals surface area (Å²) < 4.78 is 5.82. The number of anilines is 1. The van der Waals surface area contributed by atoms with Crippen molar-refractivity contribution in [3.8, 4) is 17.0 Å². The number of likely N-dealkylation sites (N-methyl/N-ethyl adjacent to an activating group) is 2. The number of fused-ring (bicyclic) bond motifs is 1. The van der Waals surface area contributed by atoms with Crippen LogP contribution in [0.2, 0.25) is 0 Å². The Morgan fingerprint density at radius 3 is 2.88 bits per heavy atom. The molecule has 3 rings (SSSR count). The molecule has 3 aromatic rings. The van der Waals surface area contributed by atoms with Crippen LogP contribution in [0.3, 0.4) is 0 Å². The number of pyridine rings is 1. The fraction of sp³-hybridized carbons (Fsp3) is 0.368. The number of rotatable bonds is 7. The predicted molar refractivity (Wildman–Crippen MR) is 104 cm³/mol. The Kier molecular flexibility index (Phi) is 5.19. The fourth-order valence-electron chi connectivity index (χ4n) is 2.73. The van der Waals surface area contributed by atoms with Gasteiger partial charge in [-0.1, -0.05) is 0 Å². The van der Waals surface area contributed by atoms with Gasteiger partial charge in [0.1, 0.15) is 17.3 Å². The first-order valence-electron chi connectivity index (χ1n) is 8.55. The molecule has 2 N–H and O–H groups in total. The molecule has 0 saturated carbocycles.